The van der Waals surface area contributed by atoms with Crippen molar-refractivity contribution in [2.24, 2.45) is 0 Å². The van der Waals surface area contributed by atoms with Crippen LogP contribution in [0.5, 0.6) is 11.6 Å². The number of hydrogen-bond donors (Lipinski definition) is 0. The minimum Gasteiger partial charge on any atom is -0.439 e. The number of carbonyl (C=O) groups is 1. The first kappa shape index (κ1) is 16.1. The predicted molar refractivity (Wildman–Crippen MR) is 93.4 cm³/mol. The van der Waals surface area contributed by atoms with E-state index in [2.05, 4.69) is 9.97 Å². The third-order valence-electron chi connectivity index (χ3n) is 3.36. The zero-order valence-corrected chi connectivity index (χ0v) is 14.3. The highest BCUT2D eigenvalue weighted by Gasteiger charge is 2.14. The molecule has 0 unspecified atom stereocenters. The fourth-order valence-corrected chi connectivity index (χ4v) is 3.06. The summed E-state index contributed by atoms with van der Waals surface area (Å²) in [4.78, 5) is 23.7. The molecule has 0 radical (unpaired) electrons. The highest BCUT2D eigenvalue weighted by Crippen LogP contribution is 2.20. The minimum atomic E-state index is -0.0821. The number of nitrogens with zero attached hydrogens (tertiary/aromatic N) is 3. The predicted octanol–water partition coefficient (Wildman–Crippen LogP) is 3.91. The lowest BCUT2D eigenvalue weighted by atomic mass is 10.2. The zero-order valence-electron chi connectivity index (χ0n) is 13.5. The number of amides is 1. The fraction of sp³-hybridized carbons (Fsp3) is 0.167. The molecule has 2 heterocycles. The first-order valence-corrected chi connectivity index (χ1v) is 8.29. The van der Waals surface area contributed by atoms with Crippen LogP contribution in [0.1, 0.15) is 20.2 Å². The molecule has 0 atom stereocenters. The second-order valence-corrected chi connectivity index (χ2v) is 6.62. The number of ether oxygens (including phenoxy) is 1. The van der Waals surface area contributed by atoms with Gasteiger partial charge >= 0.3 is 0 Å². The van der Waals surface area contributed by atoms with E-state index in [1.54, 1.807) is 47.8 Å². The van der Waals surface area contributed by atoms with Gasteiger partial charge in [-0.25, -0.2) is 9.97 Å². The summed E-state index contributed by atoms with van der Waals surface area (Å²) >= 11 is 1.59. The number of thiazole rings is 1. The van der Waals surface area contributed by atoms with Crippen molar-refractivity contribution in [2.75, 3.05) is 7.05 Å². The van der Waals surface area contributed by atoms with Crippen molar-refractivity contribution in [3.63, 3.8) is 0 Å². The summed E-state index contributed by atoms with van der Waals surface area (Å²) in [5.74, 6) is 0.999. The van der Waals surface area contributed by atoms with Gasteiger partial charge in [-0.2, -0.15) is 0 Å². The van der Waals surface area contributed by atoms with Gasteiger partial charge in [-0.05, 0) is 25.1 Å². The van der Waals surface area contributed by atoms with E-state index >= 15 is 0 Å². The van der Waals surface area contributed by atoms with Crippen LogP contribution in [-0.2, 0) is 6.54 Å². The highest BCUT2D eigenvalue weighted by atomic mass is 32.1. The largest absolute Gasteiger partial charge is 0.439 e. The maximum absolute atomic E-state index is 12.6. The SMILES string of the molecule is Cc1ncc(CN(C)C(=O)c2ccnc(Oc3ccccc3)c2)s1. The van der Waals surface area contributed by atoms with E-state index in [1.807, 2.05) is 37.3 Å². The molecule has 0 N–H and O–H groups in total. The number of pyridine rings is 1. The molecule has 6 heteroatoms. The molecular formula is C18H17N3O2S. The molecule has 2 aromatic heterocycles. The van der Waals surface area contributed by atoms with Crippen LogP contribution < -0.4 is 4.74 Å². The first-order chi connectivity index (χ1) is 11.6. The Labute approximate surface area is 144 Å². The molecule has 0 saturated heterocycles. The summed E-state index contributed by atoms with van der Waals surface area (Å²) in [6, 6.07) is 12.7. The average molecular weight is 339 g/mol. The van der Waals surface area contributed by atoms with Crippen LogP contribution in [0, 0.1) is 6.92 Å². The Balaban J connectivity index is 1.71. The minimum absolute atomic E-state index is 0.0821. The molecule has 0 fully saturated rings. The topological polar surface area (TPSA) is 55.3 Å². The highest BCUT2D eigenvalue weighted by molar-refractivity contribution is 7.11. The molecule has 122 valence electrons. The van der Waals surface area contributed by atoms with Gasteiger partial charge in [0.15, 0.2) is 0 Å². The van der Waals surface area contributed by atoms with E-state index in [0.717, 1.165) is 9.88 Å². The molecule has 3 rings (SSSR count). The number of aryl methyl sites for hydroxylation is 1. The van der Waals surface area contributed by atoms with Gasteiger partial charge in [0.25, 0.3) is 5.91 Å². The summed E-state index contributed by atoms with van der Waals surface area (Å²) in [6.45, 7) is 2.48. The lowest BCUT2D eigenvalue weighted by Gasteiger charge is -2.16. The average Bonchev–Trinajstić information content (AvgIpc) is 3.00. The Kier molecular flexibility index (Phi) is 4.86. The molecule has 0 aliphatic rings. The van der Waals surface area contributed by atoms with Gasteiger partial charge in [-0.15, -0.1) is 11.3 Å². The third-order valence-corrected chi connectivity index (χ3v) is 4.25. The van der Waals surface area contributed by atoms with Crippen molar-refractivity contribution in [3.05, 3.63) is 70.3 Å². The molecule has 5 nitrogen and oxygen atoms in total. The van der Waals surface area contributed by atoms with Crippen LogP contribution in [0.2, 0.25) is 0 Å². The monoisotopic (exact) mass is 339 g/mol. The number of para-hydroxylation sites is 1. The molecule has 0 saturated carbocycles. The van der Waals surface area contributed by atoms with E-state index in [0.29, 0.717) is 23.7 Å². The normalized spacial score (nSPS) is 10.4. The Morgan fingerprint density at radius 1 is 1.21 bits per heavy atom. The maximum atomic E-state index is 12.6. The van der Waals surface area contributed by atoms with Gasteiger partial charge in [0, 0.05) is 35.9 Å². The van der Waals surface area contributed by atoms with Gasteiger partial charge in [0.1, 0.15) is 5.75 Å². The van der Waals surface area contributed by atoms with Gasteiger partial charge in [-0.1, -0.05) is 18.2 Å². The lowest BCUT2D eigenvalue weighted by Crippen LogP contribution is -2.25. The quantitative estimate of drug-likeness (QED) is 0.707. The summed E-state index contributed by atoms with van der Waals surface area (Å²) in [5, 5.41) is 0.994. The van der Waals surface area contributed by atoms with Crippen molar-refractivity contribution in [3.8, 4) is 11.6 Å². The Hall–Kier alpha value is -2.73. The lowest BCUT2D eigenvalue weighted by molar-refractivity contribution is 0.0786. The van der Waals surface area contributed by atoms with Crippen LogP contribution in [0.4, 0.5) is 0 Å². The van der Waals surface area contributed by atoms with Gasteiger partial charge in [-0.3, -0.25) is 4.79 Å². The zero-order chi connectivity index (χ0) is 16.9. The molecule has 0 bridgehead atoms. The van der Waals surface area contributed by atoms with Crippen LogP contribution >= 0.6 is 11.3 Å². The van der Waals surface area contributed by atoms with Gasteiger partial charge in [0.2, 0.25) is 5.88 Å². The van der Waals surface area contributed by atoms with E-state index in [1.165, 1.54) is 0 Å². The second-order valence-electron chi connectivity index (χ2n) is 5.30. The van der Waals surface area contributed by atoms with E-state index in [4.69, 9.17) is 4.74 Å². The molecule has 24 heavy (non-hydrogen) atoms. The van der Waals surface area contributed by atoms with Crippen LogP contribution in [-0.4, -0.2) is 27.8 Å². The number of aromatic nitrogens is 2. The smallest absolute Gasteiger partial charge is 0.254 e. The van der Waals surface area contributed by atoms with Gasteiger partial charge < -0.3 is 9.64 Å². The van der Waals surface area contributed by atoms with Gasteiger partial charge in [0.05, 0.1) is 11.6 Å². The summed E-state index contributed by atoms with van der Waals surface area (Å²) in [6.07, 6.45) is 3.39. The molecular weight excluding hydrogens is 322 g/mol. The van der Waals surface area contributed by atoms with Crippen molar-refractivity contribution in [1.82, 2.24) is 14.9 Å². The van der Waals surface area contributed by atoms with E-state index in [-0.39, 0.29) is 5.91 Å². The van der Waals surface area contributed by atoms with Crippen LogP contribution in [0.25, 0.3) is 0 Å². The Morgan fingerprint density at radius 2 is 2.00 bits per heavy atom. The number of hydrogen-bond acceptors (Lipinski definition) is 5. The van der Waals surface area contributed by atoms with Crippen molar-refractivity contribution in [2.45, 2.75) is 13.5 Å². The fourth-order valence-electron chi connectivity index (χ4n) is 2.21. The first-order valence-electron chi connectivity index (χ1n) is 7.47. The Morgan fingerprint density at radius 3 is 2.71 bits per heavy atom. The third kappa shape index (κ3) is 3.97. The van der Waals surface area contributed by atoms with Crippen LogP contribution in [0.3, 0.4) is 0 Å². The van der Waals surface area contributed by atoms with Crippen molar-refractivity contribution >= 4 is 17.2 Å². The summed E-state index contributed by atoms with van der Waals surface area (Å²) in [5.41, 5.74) is 0.541. The summed E-state index contributed by atoms with van der Waals surface area (Å²) in [7, 11) is 1.77. The number of carbonyl (C=O) groups excluding carboxylic acids is 1. The molecule has 0 spiro atoms. The van der Waals surface area contributed by atoms with Crippen LogP contribution in [0.15, 0.2) is 54.9 Å². The van der Waals surface area contributed by atoms with Crippen molar-refractivity contribution < 1.29 is 9.53 Å². The standard InChI is InChI=1S/C18H17N3O2S/c1-13-20-11-16(24-13)12-21(2)18(22)14-8-9-19-17(10-14)23-15-6-4-3-5-7-15/h3-11H,12H2,1-2H3. The van der Waals surface area contributed by atoms with E-state index < -0.39 is 0 Å². The van der Waals surface area contributed by atoms with E-state index in [9.17, 15) is 4.79 Å². The molecule has 0 aliphatic heterocycles. The van der Waals surface area contributed by atoms with Crippen molar-refractivity contribution in [1.29, 1.82) is 0 Å². The summed E-state index contributed by atoms with van der Waals surface area (Å²) < 4.78 is 5.68. The molecule has 3 aromatic rings. The molecule has 1 aromatic carbocycles. The second kappa shape index (κ2) is 7.23. The number of rotatable bonds is 5. The number of benzene rings is 1. The molecule has 0 aliphatic carbocycles. The Bertz CT molecular complexity index is 833. The maximum Gasteiger partial charge on any atom is 0.254 e. The molecule has 1 amide bonds.